The molecule has 1 aromatic carbocycles. The Morgan fingerprint density at radius 2 is 2.44 bits per heavy atom. The topological polar surface area (TPSA) is 50.4 Å². The van der Waals surface area contributed by atoms with Crippen LogP contribution in [0, 0.1) is 0 Å². The Labute approximate surface area is 108 Å². The van der Waals surface area contributed by atoms with Crippen LogP contribution in [0.25, 0.3) is 0 Å². The Morgan fingerprint density at radius 1 is 1.56 bits per heavy atom. The van der Waals surface area contributed by atoms with Crippen LogP contribution >= 0.6 is 0 Å². The number of amides is 1. The third kappa shape index (κ3) is 3.47. The van der Waals surface area contributed by atoms with Crippen molar-refractivity contribution in [2.75, 3.05) is 20.2 Å². The minimum atomic E-state index is 0.00955. The average Bonchev–Trinajstić information content (AvgIpc) is 2.93. The number of hydrogen-bond donors (Lipinski definition) is 2. The van der Waals surface area contributed by atoms with Crippen molar-refractivity contribution < 1.29 is 9.53 Å². The molecule has 1 fully saturated rings. The molecule has 4 heteroatoms. The Morgan fingerprint density at radius 3 is 3.17 bits per heavy atom. The van der Waals surface area contributed by atoms with Gasteiger partial charge in [-0.2, -0.15) is 0 Å². The molecular weight excluding hydrogens is 228 g/mol. The van der Waals surface area contributed by atoms with Gasteiger partial charge in [0.2, 0.25) is 5.91 Å². The van der Waals surface area contributed by atoms with Gasteiger partial charge in [-0.15, -0.1) is 0 Å². The van der Waals surface area contributed by atoms with Gasteiger partial charge in [0.1, 0.15) is 5.75 Å². The average molecular weight is 248 g/mol. The molecule has 0 spiro atoms. The van der Waals surface area contributed by atoms with Crippen molar-refractivity contribution in [3.8, 4) is 5.75 Å². The van der Waals surface area contributed by atoms with Gasteiger partial charge in [0.15, 0.2) is 0 Å². The van der Waals surface area contributed by atoms with Gasteiger partial charge in [-0.3, -0.25) is 4.79 Å². The number of methoxy groups -OCH3 is 1. The molecule has 1 heterocycles. The van der Waals surface area contributed by atoms with Crippen molar-refractivity contribution in [2.45, 2.75) is 25.3 Å². The van der Waals surface area contributed by atoms with E-state index in [-0.39, 0.29) is 11.9 Å². The van der Waals surface area contributed by atoms with Crippen molar-refractivity contribution >= 4 is 5.91 Å². The number of benzene rings is 1. The fraction of sp³-hybridized carbons (Fsp3) is 0.500. The summed E-state index contributed by atoms with van der Waals surface area (Å²) >= 11 is 0. The van der Waals surface area contributed by atoms with Crippen molar-refractivity contribution in [2.24, 2.45) is 0 Å². The smallest absolute Gasteiger partial charge is 0.237 e. The van der Waals surface area contributed by atoms with Crippen molar-refractivity contribution in [3.05, 3.63) is 29.8 Å². The quantitative estimate of drug-likeness (QED) is 0.820. The minimum Gasteiger partial charge on any atom is -0.497 e. The van der Waals surface area contributed by atoms with Crippen molar-refractivity contribution in [3.63, 3.8) is 0 Å². The molecule has 1 amide bonds. The van der Waals surface area contributed by atoms with E-state index in [0.717, 1.165) is 31.6 Å². The second-order valence-electron chi connectivity index (χ2n) is 4.54. The highest BCUT2D eigenvalue weighted by atomic mass is 16.5. The highest BCUT2D eigenvalue weighted by Gasteiger charge is 2.21. The maximum absolute atomic E-state index is 11.8. The summed E-state index contributed by atoms with van der Waals surface area (Å²) < 4.78 is 5.17. The second-order valence-corrected chi connectivity index (χ2v) is 4.54. The number of hydrogen-bond acceptors (Lipinski definition) is 3. The van der Waals surface area contributed by atoms with E-state index in [1.54, 1.807) is 7.11 Å². The second kappa shape index (κ2) is 6.40. The van der Waals surface area contributed by atoms with E-state index in [1.165, 1.54) is 5.56 Å². The zero-order chi connectivity index (χ0) is 12.8. The van der Waals surface area contributed by atoms with Gasteiger partial charge in [-0.05, 0) is 43.5 Å². The van der Waals surface area contributed by atoms with E-state index in [2.05, 4.69) is 10.6 Å². The van der Waals surface area contributed by atoms with E-state index in [1.807, 2.05) is 24.3 Å². The highest BCUT2D eigenvalue weighted by Crippen LogP contribution is 2.12. The van der Waals surface area contributed by atoms with Crippen LogP contribution in [0.1, 0.15) is 18.4 Å². The summed E-state index contributed by atoms with van der Waals surface area (Å²) in [5, 5.41) is 6.16. The highest BCUT2D eigenvalue weighted by molar-refractivity contribution is 5.81. The third-order valence-corrected chi connectivity index (χ3v) is 3.22. The molecule has 1 aliphatic rings. The molecule has 2 N–H and O–H groups in total. The first-order chi connectivity index (χ1) is 8.79. The number of carbonyl (C=O) groups is 1. The van der Waals surface area contributed by atoms with Gasteiger partial charge in [0, 0.05) is 6.54 Å². The lowest BCUT2D eigenvalue weighted by Crippen LogP contribution is -2.41. The zero-order valence-corrected chi connectivity index (χ0v) is 10.7. The molecule has 0 radical (unpaired) electrons. The predicted octanol–water partition coefficient (Wildman–Crippen LogP) is 1.11. The van der Waals surface area contributed by atoms with Gasteiger partial charge in [0.25, 0.3) is 0 Å². The van der Waals surface area contributed by atoms with Gasteiger partial charge in [-0.1, -0.05) is 12.1 Å². The maximum atomic E-state index is 11.8. The molecule has 1 aromatic rings. The van der Waals surface area contributed by atoms with E-state index < -0.39 is 0 Å². The molecule has 1 aliphatic heterocycles. The summed E-state index contributed by atoms with van der Waals surface area (Å²) in [6.07, 6.45) is 2.87. The number of nitrogens with one attached hydrogen (secondary N) is 2. The SMILES string of the molecule is COc1cccc(CCNC(=O)[C@H]2CCCN2)c1. The fourth-order valence-corrected chi connectivity index (χ4v) is 2.19. The first-order valence-electron chi connectivity index (χ1n) is 6.43. The molecule has 1 atom stereocenters. The molecule has 0 bridgehead atoms. The minimum absolute atomic E-state index is 0.00955. The lowest BCUT2D eigenvalue weighted by Gasteiger charge is -2.11. The normalized spacial score (nSPS) is 18.6. The van der Waals surface area contributed by atoms with Crippen LogP contribution in [0.3, 0.4) is 0 Å². The lowest BCUT2D eigenvalue weighted by atomic mass is 10.1. The van der Waals surface area contributed by atoms with Gasteiger partial charge in [-0.25, -0.2) is 0 Å². The molecule has 0 saturated carbocycles. The van der Waals surface area contributed by atoms with Crippen LogP contribution in [-0.4, -0.2) is 32.1 Å². The molecule has 0 aromatic heterocycles. The van der Waals surface area contributed by atoms with Gasteiger partial charge in [0.05, 0.1) is 13.2 Å². The molecule has 1 saturated heterocycles. The zero-order valence-electron chi connectivity index (χ0n) is 10.7. The summed E-state index contributed by atoms with van der Waals surface area (Å²) in [6, 6.07) is 7.94. The van der Waals surface area contributed by atoms with Crippen molar-refractivity contribution in [1.29, 1.82) is 0 Å². The Kier molecular flexibility index (Phi) is 4.59. The van der Waals surface area contributed by atoms with Gasteiger partial charge >= 0.3 is 0 Å². The number of carbonyl (C=O) groups excluding carboxylic acids is 1. The number of ether oxygens (including phenoxy) is 1. The summed E-state index contributed by atoms with van der Waals surface area (Å²) in [4.78, 5) is 11.8. The summed E-state index contributed by atoms with van der Waals surface area (Å²) in [5.74, 6) is 0.978. The summed E-state index contributed by atoms with van der Waals surface area (Å²) in [6.45, 7) is 1.62. The molecule has 0 unspecified atom stereocenters. The summed E-state index contributed by atoms with van der Waals surface area (Å²) in [7, 11) is 1.66. The number of rotatable bonds is 5. The Bertz CT molecular complexity index is 401. The first kappa shape index (κ1) is 12.9. The van der Waals surface area contributed by atoms with Gasteiger partial charge < -0.3 is 15.4 Å². The first-order valence-corrected chi connectivity index (χ1v) is 6.43. The Balaban J connectivity index is 1.75. The van der Waals surface area contributed by atoms with E-state index in [9.17, 15) is 4.79 Å². The van der Waals surface area contributed by atoms with Crippen LogP contribution in [0.15, 0.2) is 24.3 Å². The monoisotopic (exact) mass is 248 g/mol. The predicted molar refractivity (Wildman–Crippen MR) is 70.7 cm³/mol. The fourth-order valence-electron chi connectivity index (χ4n) is 2.19. The van der Waals surface area contributed by atoms with E-state index >= 15 is 0 Å². The largest absolute Gasteiger partial charge is 0.497 e. The third-order valence-electron chi connectivity index (χ3n) is 3.22. The van der Waals surface area contributed by atoms with Crippen LogP contribution in [-0.2, 0) is 11.2 Å². The molecule has 2 rings (SSSR count). The standard InChI is InChI=1S/C14H20N2O2/c1-18-12-5-2-4-11(10-12)7-9-16-14(17)13-6-3-8-15-13/h2,4-5,10,13,15H,3,6-9H2,1H3,(H,16,17)/t13-/m1/s1. The molecule has 0 aliphatic carbocycles. The van der Waals surface area contributed by atoms with Crippen molar-refractivity contribution in [1.82, 2.24) is 10.6 Å². The maximum Gasteiger partial charge on any atom is 0.237 e. The molecule has 4 nitrogen and oxygen atoms in total. The van der Waals surface area contributed by atoms with E-state index in [0.29, 0.717) is 6.54 Å². The molecular formula is C14H20N2O2. The molecule has 18 heavy (non-hydrogen) atoms. The van der Waals surface area contributed by atoms with E-state index in [4.69, 9.17) is 4.74 Å². The van der Waals surface area contributed by atoms with Crippen LogP contribution in [0.2, 0.25) is 0 Å². The Hall–Kier alpha value is -1.55. The van der Waals surface area contributed by atoms with Crippen LogP contribution < -0.4 is 15.4 Å². The molecule has 98 valence electrons. The van der Waals surface area contributed by atoms with Crippen LogP contribution in [0.4, 0.5) is 0 Å². The summed E-state index contributed by atoms with van der Waals surface area (Å²) in [5.41, 5.74) is 1.18. The van der Waals surface area contributed by atoms with Crippen LogP contribution in [0.5, 0.6) is 5.75 Å². The lowest BCUT2D eigenvalue weighted by molar-refractivity contribution is -0.122.